The van der Waals surface area contributed by atoms with E-state index in [1.54, 1.807) is 16.6 Å². The fraction of sp³-hybridized carbons (Fsp3) is 0.375. The first-order chi connectivity index (χ1) is 15.4. The van der Waals surface area contributed by atoms with Crippen LogP contribution in [-0.2, 0) is 11.3 Å². The van der Waals surface area contributed by atoms with Crippen LogP contribution in [0.2, 0.25) is 0 Å². The fourth-order valence-corrected chi connectivity index (χ4v) is 4.58. The van der Waals surface area contributed by atoms with Crippen LogP contribution >= 0.6 is 0 Å². The summed E-state index contributed by atoms with van der Waals surface area (Å²) in [6, 6.07) is 11.2. The lowest BCUT2D eigenvalue weighted by Gasteiger charge is -2.19. The maximum absolute atomic E-state index is 13.3. The van der Waals surface area contributed by atoms with E-state index in [0.29, 0.717) is 29.8 Å². The number of alkyl halides is 2. The van der Waals surface area contributed by atoms with E-state index < -0.39 is 18.5 Å². The third-order valence-corrected chi connectivity index (χ3v) is 6.06. The lowest BCUT2D eigenvalue weighted by molar-refractivity contribution is 0.0844. The number of fused-ring (bicyclic) bond motifs is 3. The molecule has 0 atom stereocenters. The molecule has 1 aromatic carbocycles. The third kappa shape index (κ3) is 3.68. The summed E-state index contributed by atoms with van der Waals surface area (Å²) in [4.78, 5) is 17.6. The normalized spacial score (nSPS) is 15.3. The van der Waals surface area contributed by atoms with Crippen LogP contribution in [-0.4, -0.2) is 38.8 Å². The van der Waals surface area contributed by atoms with Crippen molar-refractivity contribution in [1.29, 1.82) is 0 Å². The number of rotatable bonds is 4. The molecule has 0 bridgehead atoms. The van der Waals surface area contributed by atoms with Gasteiger partial charge in [-0.1, -0.05) is 6.07 Å². The molecule has 1 aliphatic heterocycles. The topological polar surface area (TPSA) is 61.4 Å². The van der Waals surface area contributed by atoms with Gasteiger partial charge in [0.2, 0.25) is 0 Å². The van der Waals surface area contributed by atoms with Crippen molar-refractivity contribution in [2.75, 3.05) is 13.2 Å². The van der Waals surface area contributed by atoms with Gasteiger partial charge in [-0.25, -0.2) is 13.3 Å². The van der Waals surface area contributed by atoms with Crippen LogP contribution in [0.15, 0.2) is 41.2 Å². The van der Waals surface area contributed by atoms with Gasteiger partial charge in [0.05, 0.1) is 23.1 Å². The third-order valence-electron chi connectivity index (χ3n) is 6.06. The van der Waals surface area contributed by atoms with Crippen molar-refractivity contribution >= 4 is 16.6 Å². The first-order valence-corrected chi connectivity index (χ1v) is 10.8. The highest BCUT2D eigenvalue weighted by atomic mass is 19.3. The summed E-state index contributed by atoms with van der Waals surface area (Å²) in [6.45, 7) is 4.50. The summed E-state index contributed by atoms with van der Waals surface area (Å²) >= 11 is 0. The Bertz CT molecular complexity index is 1350. The minimum Gasteiger partial charge on any atom is -0.381 e. The van der Waals surface area contributed by atoms with Crippen LogP contribution in [0.3, 0.4) is 0 Å². The average Bonchev–Trinajstić information content (AvgIpc) is 3.22. The van der Waals surface area contributed by atoms with Gasteiger partial charge in [0.25, 0.3) is 12.0 Å². The second kappa shape index (κ2) is 8.09. The molecule has 0 unspecified atom stereocenters. The zero-order chi connectivity index (χ0) is 22.4. The van der Waals surface area contributed by atoms with Gasteiger partial charge >= 0.3 is 0 Å². The Kier molecular flexibility index (Phi) is 5.25. The standard InChI is InChI=1S/C24H24F2N4O2/c1-14-9-18(10-15(2)27-14)17-3-4-19-21(11-17)30-23(29(24(19)31)13-22(25)26)12-20(28-30)16-5-7-32-8-6-16/h3-4,9-12,16,22H,5-8,13H2,1-2H3. The van der Waals surface area contributed by atoms with Crippen molar-refractivity contribution < 1.29 is 13.5 Å². The van der Waals surface area contributed by atoms with Gasteiger partial charge in [-0.05, 0) is 62.1 Å². The minimum absolute atomic E-state index is 0.183. The fourth-order valence-electron chi connectivity index (χ4n) is 4.58. The van der Waals surface area contributed by atoms with E-state index >= 15 is 0 Å². The lowest BCUT2D eigenvalue weighted by atomic mass is 9.97. The molecule has 32 heavy (non-hydrogen) atoms. The Morgan fingerprint density at radius 2 is 1.78 bits per heavy atom. The average molecular weight is 438 g/mol. The summed E-state index contributed by atoms with van der Waals surface area (Å²) in [5.41, 5.74) is 5.09. The van der Waals surface area contributed by atoms with Gasteiger partial charge in [-0.2, -0.15) is 5.10 Å². The van der Waals surface area contributed by atoms with Crippen LogP contribution in [0.4, 0.5) is 8.78 Å². The number of pyridine rings is 1. The number of halogens is 2. The van der Waals surface area contributed by atoms with E-state index in [-0.39, 0.29) is 5.92 Å². The maximum atomic E-state index is 13.3. The highest BCUT2D eigenvalue weighted by Crippen LogP contribution is 2.29. The highest BCUT2D eigenvalue weighted by Gasteiger charge is 2.22. The molecule has 6 nitrogen and oxygen atoms in total. The Balaban J connectivity index is 1.76. The van der Waals surface area contributed by atoms with E-state index in [1.165, 1.54) is 0 Å². The Hall–Kier alpha value is -3.13. The molecule has 1 fully saturated rings. The molecular weight excluding hydrogens is 414 g/mol. The molecule has 1 aliphatic rings. The summed E-state index contributed by atoms with van der Waals surface area (Å²) in [5, 5.41) is 5.15. The van der Waals surface area contributed by atoms with Crippen LogP contribution in [0.25, 0.3) is 27.7 Å². The van der Waals surface area contributed by atoms with Crippen LogP contribution in [0.1, 0.15) is 35.8 Å². The molecule has 0 N–H and O–H groups in total. The second-order valence-electron chi connectivity index (χ2n) is 8.40. The predicted octanol–water partition coefficient (Wildman–Crippen LogP) is 4.49. The lowest BCUT2D eigenvalue weighted by Crippen LogP contribution is -2.25. The SMILES string of the molecule is Cc1cc(-c2ccc3c(=O)n(CC(F)F)c4cc(C5CCOCC5)nn4c3c2)cc(C)n1. The molecule has 4 aromatic rings. The minimum atomic E-state index is -2.64. The van der Waals surface area contributed by atoms with Crippen molar-refractivity contribution in [2.45, 2.75) is 45.6 Å². The van der Waals surface area contributed by atoms with Gasteiger partial charge in [-0.3, -0.25) is 14.3 Å². The molecule has 0 amide bonds. The number of hydrogen-bond acceptors (Lipinski definition) is 4. The molecular formula is C24H24F2N4O2. The van der Waals surface area contributed by atoms with Gasteiger partial charge in [-0.15, -0.1) is 0 Å². The molecule has 3 aromatic heterocycles. The molecule has 1 saturated heterocycles. The largest absolute Gasteiger partial charge is 0.381 e. The molecule has 0 spiro atoms. The number of aryl methyl sites for hydroxylation is 2. The molecule has 166 valence electrons. The van der Waals surface area contributed by atoms with Crippen molar-refractivity contribution in [3.05, 3.63) is 63.8 Å². The van der Waals surface area contributed by atoms with Crippen LogP contribution < -0.4 is 5.56 Å². The molecule has 5 rings (SSSR count). The molecule has 0 radical (unpaired) electrons. The monoisotopic (exact) mass is 438 g/mol. The molecule has 4 heterocycles. The highest BCUT2D eigenvalue weighted by molar-refractivity contribution is 5.85. The summed E-state index contributed by atoms with van der Waals surface area (Å²) in [6.07, 6.45) is -0.999. The van der Waals surface area contributed by atoms with Crippen molar-refractivity contribution in [2.24, 2.45) is 0 Å². The Morgan fingerprint density at radius 1 is 1.06 bits per heavy atom. The maximum Gasteiger partial charge on any atom is 0.261 e. The summed E-state index contributed by atoms with van der Waals surface area (Å²) in [5.74, 6) is 0.183. The summed E-state index contributed by atoms with van der Waals surface area (Å²) < 4.78 is 34.9. The van der Waals surface area contributed by atoms with E-state index in [2.05, 4.69) is 4.98 Å². The van der Waals surface area contributed by atoms with Gasteiger partial charge in [0, 0.05) is 36.6 Å². The number of ether oxygens (including phenoxy) is 1. The molecule has 8 heteroatoms. The smallest absolute Gasteiger partial charge is 0.261 e. The Labute approximate surface area is 183 Å². The van der Waals surface area contributed by atoms with E-state index in [9.17, 15) is 13.6 Å². The predicted molar refractivity (Wildman–Crippen MR) is 118 cm³/mol. The van der Waals surface area contributed by atoms with Gasteiger partial charge < -0.3 is 4.74 Å². The first kappa shape index (κ1) is 20.8. The number of nitrogens with zero attached hydrogens (tertiary/aromatic N) is 4. The van der Waals surface area contributed by atoms with Crippen LogP contribution in [0.5, 0.6) is 0 Å². The number of benzene rings is 1. The molecule has 0 saturated carbocycles. The van der Waals surface area contributed by atoms with Gasteiger partial charge in [0.15, 0.2) is 0 Å². The van der Waals surface area contributed by atoms with Crippen molar-refractivity contribution in [3.8, 4) is 11.1 Å². The van der Waals surface area contributed by atoms with E-state index in [4.69, 9.17) is 9.84 Å². The quantitative estimate of drug-likeness (QED) is 0.471. The first-order valence-electron chi connectivity index (χ1n) is 10.8. The zero-order valence-electron chi connectivity index (χ0n) is 18.0. The number of hydrogen-bond donors (Lipinski definition) is 0. The zero-order valence-corrected chi connectivity index (χ0v) is 18.0. The van der Waals surface area contributed by atoms with Gasteiger partial charge in [0.1, 0.15) is 5.65 Å². The van der Waals surface area contributed by atoms with E-state index in [1.807, 2.05) is 38.1 Å². The van der Waals surface area contributed by atoms with E-state index in [0.717, 1.165) is 45.6 Å². The van der Waals surface area contributed by atoms with Crippen molar-refractivity contribution in [1.82, 2.24) is 19.2 Å². The second-order valence-corrected chi connectivity index (χ2v) is 8.40. The van der Waals surface area contributed by atoms with Crippen LogP contribution in [0, 0.1) is 13.8 Å². The molecule has 0 aliphatic carbocycles. The Morgan fingerprint density at radius 3 is 2.47 bits per heavy atom. The van der Waals surface area contributed by atoms with Crippen molar-refractivity contribution in [3.63, 3.8) is 0 Å². The summed E-state index contributed by atoms with van der Waals surface area (Å²) in [7, 11) is 0. The number of aromatic nitrogens is 4.